The van der Waals surface area contributed by atoms with E-state index in [2.05, 4.69) is 17.6 Å². The highest BCUT2D eigenvalue weighted by Gasteiger charge is 2.38. The fourth-order valence-corrected chi connectivity index (χ4v) is 3.02. The van der Waals surface area contributed by atoms with E-state index in [1.807, 2.05) is 20.8 Å². The van der Waals surface area contributed by atoms with Gasteiger partial charge in [-0.25, -0.2) is 4.79 Å². The minimum absolute atomic E-state index is 0.291. The van der Waals surface area contributed by atoms with Crippen LogP contribution in [0.1, 0.15) is 66.2 Å². The van der Waals surface area contributed by atoms with Crippen molar-refractivity contribution in [3.8, 4) is 0 Å². The molecule has 0 bridgehead atoms. The highest BCUT2D eigenvalue weighted by molar-refractivity contribution is 5.67. The zero-order chi connectivity index (χ0) is 15.5. The van der Waals surface area contributed by atoms with E-state index in [9.17, 15) is 4.79 Å². The molecule has 0 aliphatic heterocycles. The Morgan fingerprint density at radius 1 is 1.24 bits per heavy atom. The van der Waals surface area contributed by atoms with Crippen LogP contribution in [0.15, 0.2) is 0 Å². The Bertz CT molecular complexity index is 358. The molecule has 0 saturated heterocycles. The van der Waals surface area contributed by atoms with E-state index in [-0.39, 0.29) is 6.09 Å². The Hall–Kier alpha value is -0.770. The van der Waals surface area contributed by atoms with Gasteiger partial charge in [-0.2, -0.15) is 0 Å². The van der Waals surface area contributed by atoms with E-state index in [1.54, 1.807) is 0 Å². The first-order valence-corrected chi connectivity index (χ1v) is 8.48. The van der Waals surface area contributed by atoms with Crippen molar-refractivity contribution in [2.75, 3.05) is 13.1 Å². The average molecular weight is 296 g/mol. The summed E-state index contributed by atoms with van der Waals surface area (Å²) in [5.41, 5.74) is 0.120. The van der Waals surface area contributed by atoms with Crippen molar-refractivity contribution in [2.24, 2.45) is 11.3 Å². The number of nitrogens with one attached hydrogen (secondary N) is 2. The lowest BCUT2D eigenvalue weighted by Gasteiger charge is -2.33. The van der Waals surface area contributed by atoms with Gasteiger partial charge in [-0.15, -0.1) is 0 Å². The lowest BCUT2D eigenvalue weighted by atomic mass is 9.84. The molecule has 0 spiro atoms. The highest BCUT2D eigenvalue weighted by Crippen LogP contribution is 2.44. The lowest BCUT2D eigenvalue weighted by Crippen LogP contribution is -2.46. The van der Waals surface area contributed by atoms with Crippen molar-refractivity contribution < 1.29 is 9.53 Å². The Morgan fingerprint density at radius 2 is 1.90 bits per heavy atom. The first-order chi connectivity index (χ1) is 9.77. The van der Waals surface area contributed by atoms with E-state index in [1.165, 1.54) is 38.5 Å². The number of alkyl carbamates (subject to hydrolysis) is 1. The summed E-state index contributed by atoms with van der Waals surface area (Å²) in [6, 6.07) is 0.547. The maximum absolute atomic E-state index is 11.8. The number of hydrogen-bond acceptors (Lipinski definition) is 3. The Morgan fingerprint density at radius 3 is 2.52 bits per heavy atom. The summed E-state index contributed by atoms with van der Waals surface area (Å²) in [5.74, 6) is 0.536. The molecule has 2 saturated carbocycles. The number of carbonyl (C=O) groups is 1. The molecule has 21 heavy (non-hydrogen) atoms. The molecule has 2 N–H and O–H groups in total. The van der Waals surface area contributed by atoms with Crippen molar-refractivity contribution in [1.82, 2.24) is 10.6 Å². The molecule has 1 amide bonds. The van der Waals surface area contributed by atoms with E-state index in [0.29, 0.717) is 17.4 Å². The standard InChI is InChI=1S/C17H32N2O2/c1-16(2,3)21-15(20)18-11-13-7-5-6-8-14(13)19-12-17(4)9-10-17/h13-14,19H,5-12H2,1-4H3,(H,18,20). The predicted molar refractivity (Wildman–Crippen MR) is 85.3 cm³/mol. The molecule has 4 nitrogen and oxygen atoms in total. The van der Waals surface area contributed by atoms with Gasteiger partial charge in [-0.3, -0.25) is 0 Å². The second kappa shape index (κ2) is 6.55. The third kappa shape index (κ3) is 5.85. The van der Waals surface area contributed by atoms with Crippen molar-refractivity contribution in [2.45, 2.75) is 77.9 Å². The molecular weight excluding hydrogens is 264 g/mol. The van der Waals surface area contributed by atoms with Crippen molar-refractivity contribution in [1.29, 1.82) is 0 Å². The van der Waals surface area contributed by atoms with Gasteiger partial charge in [-0.05, 0) is 57.8 Å². The van der Waals surface area contributed by atoms with Crippen LogP contribution in [-0.4, -0.2) is 30.8 Å². The van der Waals surface area contributed by atoms with Gasteiger partial charge in [0.05, 0.1) is 0 Å². The molecule has 2 rings (SSSR count). The van der Waals surface area contributed by atoms with Crippen LogP contribution in [0.2, 0.25) is 0 Å². The summed E-state index contributed by atoms with van der Waals surface area (Å²) in [7, 11) is 0. The van der Waals surface area contributed by atoms with Gasteiger partial charge in [0.1, 0.15) is 5.60 Å². The van der Waals surface area contributed by atoms with Crippen LogP contribution in [0.5, 0.6) is 0 Å². The molecule has 0 radical (unpaired) electrons. The summed E-state index contributed by atoms with van der Waals surface area (Å²) in [6.07, 6.45) is 7.43. The molecule has 0 heterocycles. The topological polar surface area (TPSA) is 50.4 Å². The third-order valence-electron chi connectivity index (χ3n) is 4.71. The van der Waals surface area contributed by atoms with Crippen molar-refractivity contribution in [3.05, 3.63) is 0 Å². The molecule has 0 aromatic carbocycles. The summed E-state index contributed by atoms with van der Waals surface area (Å²) < 4.78 is 5.32. The Kier molecular flexibility index (Phi) is 5.18. The molecular formula is C17H32N2O2. The third-order valence-corrected chi connectivity index (χ3v) is 4.71. The van der Waals surface area contributed by atoms with Crippen molar-refractivity contribution in [3.63, 3.8) is 0 Å². The van der Waals surface area contributed by atoms with Crippen LogP contribution in [0.4, 0.5) is 4.79 Å². The van der Waals surface area contributed by atoms with Gasteiger partial charge in [0.15, 0.2) is 0 Å². The minimum Gasteiger partial charge on any atom is -0.444 e. The quantitative estimate of drug-likeness (QED) is 0.817. The first kappa shape index (κ1) is 16.6. The summed E-state index contributed by atoms with van der Waals surface area (Å²) >= 11 is 0. The van der Waals surface area contributed by atoms with Gasteiger partial charge < -0.3 is 15.4 Å². The van der Waals surface area contributed by atoms with Crippen LogP contribution in [0.25, 0.3) is 0 Å². The smallest absolute Gasteiger partial charge is 0.407 e. The molecule has 2 aliphatic rings. The fraction of sp³-hybridized carbons (Fsp3) is 0.941. The zero-order valence-corrected chi connectivity index (χ0v) is 14.1. The first-order valence-electron chi connectivity index (χ1n) is 8.48. The summed E-state index contributed by atoms with van der Waals surface area (Å²) in [6.45, 7) is 9.90. The molecule has 2 fully saturated rings. The monoisotopic (exact) mass is 296 g/mol. The van der Waals surface area contributed by atoms with Gasteiger partial charge in [0.2, 0.25) is 0 Å². The van der Waals surface area contributed by atoms with Gasteiger partial charge >= 0.3 is 6.09 Å². The maximum atomic E-state index is 11.8. The molecule has 2 aliphatic carbocycles. The van der Waals surface area contributed by atoms with E-state index < -0.39 is 5.60 Å². The number of ether oxygens (including phenoxy) is 1. The zero-order valence-electron chi connectivity index (χ0n) is 14.1. The second-order valence-corrected chi connectivity index (χ2v) is 8.23. The molecule has 0 aromatic rings. The molecule has 2 unspecified atom stereocenters. The van der Waals surface area contributed by atoms with Gasteiger partial charge in [-0.1, -0.05) is 19.8 Å². The molecule has 122 valence electrons. The maximum Gasteiger partial charge on any atom is 0.407 e. The SMILES string of the molecule is CC1(CNC2CCCCC2CNC(=O)OC(C)(C)C)CC1. The van der Waals surface area contributed by atoms with Gasteiger partial charge in [0.25, 0.3) is 0 Å². The molecule has 0 aromatic heterocycles. The minimum atomic E-state index is -0.422. The predicted octanol–water partition coefficient (Wildman–Crippen LogP) is 3.46. The Balaban J connectivity index is 1.74. The molecule has 2 atom stereocenters. The largest absolute Gasteiger partial charge is 0.444 e. The van der Waals surface area contributed by atoms with Crippen LogP contribution in [0, 0.1) is 11.3 Å². The fourth-order valence-electron chi connectivity index (χ4n) is 3.02. The van der Waals surface area contributed by atoms with E-state index >= 15 is 0 Å². The summed E-state index contributed by atoms with van der Waals surface area (Å²) in [4.78, 5) is 11.8. The van der Waals surface area contributed by atoms with Crippen LogP contribution in [-0.2, 0) is 4.74 Å². The second-order valence-electron chi connectivity index (χ2n) is 8.23. The number of amides is 1. The van der Waals surface area contributed by atoms with Crippen molar-refractivity contribution >= 4 is 6.09 Å². The lowest BCUT2D eigenvalue weighted by molar-refractivity contribution is 0.0510. The highest BCUT2D eigenvalue weighted by atomic mass is 16.6. The Labute approximate surface area is 129 Å². The normalized spacial score (nSPS) is 28.0. The van der Waals surface area contributed by atoms with E-state index in [4.69, 9.17) is 4.74 Å². The number of rotatable bonds is 5. The number of carbonyl (C=O) groups excluding carboxylic acids is 1. The van der Waals surface area contributed by atoms with Gasteiger partial charge in [0, 0.05) is 19.1 Å². The summed E-state index contributed by atoms with van der Waals surface area (Å²) in [5, 5.41) is 6.70. The van der Waals surface area contributed by atoms with E-state index in [0.717, 1.165) is 13.1 Å². The van der Waals surface area contributed by atoms with Crippen LogP contribution >= 0.6 is 0 Å². The number of hydrogen-bond donors (Lipinski definition) is 2. The van der Waals surface area contributed by atoms with Crippen LogP contribution < -0.4 is 10.6 Å². The molecule has 4 heteroatoms. The van der Waals surface area contributed by atoms with Crippen LogP contribution in [0.3, 0.4) is 0 Å². The average Bonchev–Trinajstić information content (AvgIpc) is 3.11.